The van der Waals surface area contributed by atoms with E-state index in [1.807, 2.05) is 24.0 Å². The average Bonchev–Trinajstić information content (AvgIpc) is 2.85. The summed E-state index contributed by atoms with van der Waals surface area (Å²) in [7, 11) is 3.91. The normalized spacial score (nSPS) is 26.2. The summed E-state index contributed by atoms with van der Waals surface area (Å²) in [6.45, 7) is 21.3. The van der Waals surface area contributed by atoms with Gasteiger partial charge in [-0.05, 0) is 88.0 Å². The van der Waals surface area contributed by atoms with Crippen molar-refractivity contribution < 1.29 is 9.53 Å². The topological polar surface area (TPSA) is 76.3 Å². The minimum Gasteiger partial charge on any atom is -0.462 e. The Balaban J connectivity index is 2.12. The molecule has 3 heterocycles. The predicted molar refractivity (Wildman–Crippen MR) is 172 cm³/mol. The van der Waals surface area contributed by atoms with Crippen molar-refractivity contribution in [2.75, 3.05) is 33.8 Å². The number of carbonyl (C=O) groups excluding carboxylic acids is 1. The molecule has 9 nitrogen and oxygen atoms in total. The Bertz CT molecular complexity index is 1150. The van der Waals surface area contributed by atoms with E-state index in [-0.39, 0.29) is 46.8 Å². The van der Waals surface area contributed by atoms with Crippen LogP contribution in [0.3, 0.4) is 0 Å². The van der Waals surface area contributed by atoms with Gasteiger partial charge in [0.2, 0.25) is 5.96 Å². The molecule has 2 fully saturated rings. The zero-order chi connectivity index (χ0) is 31.7. The van der Waals surface area contributed by atoms with Crippen LogP contribution in [-0.2, 0) is 9.53 Å². The minimum absolute atomic E-state index is 0.131. The fraction of sp³-hybridized carbons (Fsp3) is 0.758. The first-order chi connectivity index (χ1) is 19.4. The van der Waals surface area contributed by atoms with Gasteiger partial charge in [-0.3, -0.25) is 9.80 Å². The van der Waals surface area contributed by atoms with Gasteiger partial charge < -0.3 is 9.64 Å². The summed E-state index contributed by atoms with van der Waals surface area (Å²) < 4.78 is 5.16. The fourth-order valence-corrected chi connectivity index (χ4v) is 7.85. The second-order valence-corrected chi connectivity index (χ2v) is 14.7. The van der Waals surface area contributed by atoms with Gasteiger partial charge in [-0.25, -0.2) is 14.8 Å². The maximum atomic E-state index is 12.4. The van der Waals surface area contributed by atoms with Crippen molar-refractivity contribution in [2.45, 2.75) is 116 Å². The van der Waals surface area contributed by atoms with E-state index in [9.17, 15) is 4.79 Å². The van der Waals surface area contributed by atoms with Crippen LogP contribution in [0.4, 0.5) is 0 Å². The maximum absolute atomic E-state index is 12.4. The van der Waals surface area contributed by atoms with Crippen molar-refractivity contribution in [3.8, 4) is 24.7 Å². The molecule has 0 amide bonds. The number of carbonyl (C=O) groups is 1. The summed E-state index contributed by atoms with van der Waals surface area (Å²) in [5, 5.41) is 6.48. The summed E-state index contributed by atoms with van der Waals surface area (Å²) in [5.74, 6) is 7.02. The molecule has 9 heteroatoms. The third-order valence-electron chi connectivity index (χ3n) is 9.13. The van der Waals surface area contributed by atoms with Gasteiger partial charge in [0.25, 0.3) is 0 Å². The molecule has 3 aliphatic rings. The van der Waals surface area contributed by atoms with Gasteiger partial charge in [-0.2, -0.15) is 10.1 Å². The van der Waals surface area contributed by atoms with Crippen LogP contribution in [0.5, 0.6) is 0 Å². The number of esters is 1. The highest BCUT2D eigenvalue weighted by molar-refractivity contribution is 6.23. The molecule has 0 aliphatic carbocycles. The summed E-state index contributed by atoms with van der Waals surface area (Å²) in [4.78, 5) is 29.7. The number of piperidine rings is 2. The Kier molecular flexibility index (Phi) is 9.91. The van der Waals surface area contributed by atoms with Crippen LogP contribution in [0, 0.1) is 36.5 Å². The van der Waals surface area contributed by atoms with Crippen LogP contribution in [0.15, 0.2) is 15.1 Å². The van der Waals surface area contributed by atoms with Crippen molar-refractivity contribution >= 4 is 24.0 Å². The van der Waals surface area contributed by atoms with Gasteiger partial charge in [0.15, 0.2) is 0 Å². The molecule has 0 aromatic heterocycles. The van der Waals surface area contributed by atoms with Crippen molar-refractivity contribution in [1.82, 2.24) is 19.7 Å². The third kappa shape index (κ3) is 7.01. The smallest absolute Gasteiger partial charge is 0.351 e. The number of amidine groups is 1. The molecule has 0 aromatic carbocycles. The number of rotatable bonds is 7. The van der Waals surface area contributed by atoms with Gasteiger partial charge in [-0.1, -0.05) is 11.8 Å². The van der Waals surface area contributed by atoms with E-state index in [0.29, 0.717) is 19.0 Å². The molecule has 3 rings (SSSR count). The molecule has 0 spiro atoms. The second kappa shape index (κ2) is 12.4. The maximum Gasteiger partial charge on any atom is 0.351 e. The molecule has 2 saturated heterocycles. The van der Waals surface area contributed by atoms with Gasteiger partial charge in [0.1, 0.15) is 18.2 Å². The summed E-state index contributed by atoms with van der Waals surface area (Å²) in [6, 6.07) is 0. The predicted octanol–water partition coefficient (Wildman–Crippen LogP) is 4.30. The van der Waals surface area contributed by atoms with Crippen LogP contribution in [0.25, 0.3) is 0 Å². The van der Waals surface area contributed by atoms with E-state index in [4.69, 9.17) is 27.6 Å². The van der Waals surface area contributed by atoms with Gasteiger partial charge in [0, 0.05) is 48.1 Å². The number of ether oxygens (including phenoxy) is 1. The van der Waals surface area contributed by atoms with E-state index < -0.39 is 5.97 Å². The lowest BCUT2D eigenvalue weighted by Gasteiger charge is -2.56. The molecule has 0 N–H and O–H groups in total. The molecule has 1 unspecified atom stereocenters. The second-order valence-electron chi connectivity index (χ2n) is 14.7. The van der Waals surface area contributed by atoms with Crippen LogP contribution >= 0.6 is 0 Å². The van der Waals surface area contributed by atoms with E-state index in [2.05, 4.69) is 82.1 Å². The minimum atomic E-state index is -0.488. The van der Waals surface area contributed by atoms with Crippen LogP contribution < -0.4 is 0 Å². The van der Waals surface area contributed by atoms with Crippen LogP contribution in [0.1, 0.15) is 88.0 Å². The lowest BCUT2D eigenvalue weighted by atomic mass is 9.71. The SMILES string of the molecule is C#CCN1C(C)(C)CC(C2=NC(C3CC(C)(C)N(CC#C)C(C)(C)C3)N(N=CC(=O)OCC)C(N(C)C)=N2)CC1(C)C. The molecule has 232 valence electrons. The number of guanidine groups is 1. The zero-order valence-electron chi connectivity index (χ0n) is 27.9. The van der Waals surface area contributed by atoms with Crippen molar-refractivity contribution in [2.24, 2.45) is 26.9 Å². The molecule has 0 bridgehead atoms. The number of aliphatic imine (C=N–C) groups is 2. The molecule has 0 aromatic rings. The Labute approximate surface area is 254 Å². The Morgan fingerprint density at radius 2 is 1.43 bits per heavy atom. The summed E-state index contributed by atoms with van der Waals surface area (Å²) in [5.41, 5.74) is -0.590. The van der Waals surface area contributed by atoms with Crippen molar-refractivity contribution in [3.05, 3.63) is 0 Å². The van der Waals surface area contributed by atoms with Crippen LogP contribution in [0.2, 0.25) is 0 Å². The first-order valence-corrected chi connectivity index (χ1v) is 15.2. The average molecular weight is 580 g/mol. The molecule has 1 atom stereocenters. The zero-order valence-corrected chi connectivity index (χ0v) is 27.9. The number of nitrogens with zero attached hydrogens (tertiary/aromatic N) is 7. The van der Waals surface area contributed by atoms with E-state index in [1.54, 1.807) is 6.92 Å². The Morgan fingerprint density at radius 1 is 0.952 bits per heavy atom. The highest BCUT2D eigenvalue weighted by atomic mass is 16.5. The summed E-state index contributed by atoms with van der Waals surface area (Å²) in [6.07, 6.45) is 16.0. The highest BCUT2D eigenvalue weighted by Gasteiger charge is 2.51. The first kappa shape index (κ1) is 33.6. The number of hydrogen-bond acceptors (Lipinski definition) is 9. The monoisotopic (exact) mass is 579 g/mol. The van der Waals surface area contributed by atoms with E-state index >= 15 is 0 Å². The number of terminal acetylenes is 2. The van der Waals surface area contributed by atoms with Crippen molar-refractivity contribution in [1.29, 1.82) is 0 Å². The molecule has 0 radical (unpaired) electrons. The molecule has 42 heavy (non-hydrogen) atoms. The van der Waals surface area contributed by atoms with Gasteiger partial charge in [0.05, 0.1) is 19.7 Å². The fourth-order valence-electron chi connectivity index (χ4n) is 7.85. The third-order valence-corrected chi connectivity index (χ3v) is 9.13. The quantitative estimate of drug-likeness (QED) is 0.254. The first-order valence-electron chi connectivity index (χ1n) is 15.2. The van der Waals surface area contributed by atoms with E-state index in [0.717, 1.165) is 31.5 Å². The lowest BCUT2D eigenvalue weighted by Crippen LogP contribution is -2.64. The molecular weight excluding hydrogens is 526 g/mol. The van der Waals surface area contributed by atoms with Gasteiger partial charge in [-0.15, -0.1) is 12.8 Å². The van der Waals surface area contributed by atoms with Crippen molar-refractivity contribution in [3.63, 3.8) is 0 Å². The largest absolute Gasteiger partial charge is 0.462 e. The van der Waals surface area contributed by atoms with Crippen LogP contribution in [-0.4, -0.2) is 106 Å². The molecule has 3 aliphatic heterocycles. The molecular formula is C33H53N7O2. The lowest BCUT2D eigenvalue weighted by molar-refractivity contribution is -0.134. The summed E-state index contributed by atoms with van der Waals surface area (Å²) >= 11 is 0. The van der Waals surface area contributed by atoms with E-state index in [1.165, 1.54) is 6.21 Å². The molecule has 0 saturated carbocycles. The van der Waals surface area contributed by atoms with Gasteiger partial charge >= 0.3 is 5.97 Å². The Morgan fingerprint density at radius 3 is 1.86 bits per heavy atom. The number of hydrogen-bond donors (Lipinski definition) is 0. The number of likely N-dealkylation sites (tertiary alicyclic amines) is 2. The standard InChI is InChI=1S/C33H53N7O2/c1-14-17-38-30(4,5)19-24(20-31(38,6)7)27-35-28(25-21-32(8,9)39(18-15-2)33(10,11)22-25)40(29(36-27)37(12)13)34-23-26(41)42-16-3/h1-2,23-25,28H,16-22H2,3-13H3. The number of hydrazone groups is 1. The Hall–Kier alpha value is -2.88. The highest BCUT2D eigenvalue weighted by Crippen LogP contribution is 2.46.